The van der Waals surface area contributed by atoms with Gasteiger partial charge in [-0.3, -0.25) is 0 Å². The highest BCUT2D eigenvalue weighted by Gasteiger charge is 2.16. The van der Waals surface area contributed by atoms with E-state index in [2.05, 4.69) is 23.7 Å². The van der Waals surface area contributed by atoms with Gasteiger partial charge in [-0.15, -0.1) is 0 Å². The van der Waals surface area contributed by atoms with E-state index in [1.165, 1.54) is 12.1 Å². The minimum atomic E-state index is 0.107. The summed E-state index contributed by atoms with van der Waals surface area (Å²) >= 11 is 0. The van der Waals surface area contributed by atoms with E-state index in [1.807, 2.05) is 13.0 Å². The lowest BCUT2D eigenvalue weighted by molar-refractivity contribution is 0.468. The van der Waals surface area contributed by atoms with Gasteiger partial charge in [-0.25, -0.2) is 4.98 Å². The summed E-state index contributed by atoms with van der Waals surface area (Å²) in [7, 11) is 0. The Hall–Kier alpha value is -1.97. The second-order valence-corrected chi connectivity index (χ2v) is 5.10. The summed E-state index contributed by atoms with van der Waals surface area (Å²) < 4.78 is 0. The molecule has 4 heteroatoms. The highest BCUT2D eigenvalue weighted by Crippen LogP contribution is 2.38. The Balaban J connectivity index is 2.70. The first-order valence-corrected chi connectivity index (χ1v) is 7.15. The van der Waals surface area contributed by atoms with Gasteiger partial charge >= 0.3 is 0 Å². The minimum Gasteiger partial charge on any atom is -0.507 e. The molecule has 4 nitrogen and oxygen atoms in total. The lowest BCUT2D eigenvalue weighted by Crippen LogP contribution is -2.25. The molecule has 0 radical (unpaired) electrons. The number of rotatable bonds is 5. The molecule has 2 rings (SSSR count). The second-order valence-electron chi connectivity index (χ2n) is 5.10. The third kappa shape index (κ3) is 2.64. The molecule has 0 spiro atoms. The number of aryl methyl sites for hydroxylation is 1. The first-order chi connectivity index (χ1) is 9.58. The molecule has 2 N–H and O–H groups in total. The fraction of sp³-hybridized carbons (Fsp3) is 0.438. The smallest absolute Gasteiger partial charge is 0.142 e. The van der Waals surface area contributed by atoms with Gasteiger partial charge in [0.15, 0.2) is 0 Å². The van der Waals surface area contributed by atoms with Crippen LogP contribution in [0.3, 0.4) is 0 Å². The second kappa shape index (κ2) is 5.99. The average Bonchev–Trinajstić information content (AvgIpc) is 2.42. The number of aromatic nitrogens is 1. The first kappa shape index (κ1) is 14.4. The molecule has 0 saturated carbocycles. The molecular formula is C16H22N2O2. The van der Waals surface area contributed by atoms with Crippen molar-refractivity contribution < 1.29 is 10.2 Å². The lowest BCUT2D eigenvalue weighted by Gasteiger charge is -2.26. The zero-order valence-corrected chi connectivity index (χ0v) is 12.3. The van der Waals surface area contributed by atoms with Crippen LogP contribution >= 0.6 is 0 Å². The predicted octanol–water partition coefficient (Wildman–Crippen LogP) is 3.58. The Kier molecular flexibility index (Phi) is 4.32. The molecule has 1 aromatic carbocycles. The molecule has 0 amide bonds. The number of hydrogen-bond acceptors (Lipinski definition) is 4. The van der Waals surface area contributed by atoms with Gasteiger partial charge in [0.2, 0.25) is 0 Å². The van der Waals surface area contributed by atoms with Crippen LogP contribution < -0.4 is 4.90 Å². The van der Waals surface area contributed by atoms with E-state index >= 15 is 0 Å². The van der Waals surface area contributed by atoms with Gasteiger partial charge in [-0.2, -0.15) is 0 Å². The summed E-state index contributed by atoms with van der Waals surface area (Å²) in [5, 5.41) is 20.8. The van der Waals surface area contributed by atoms with E-state index in [4.69, 9.17) is 0 Å². The molecule has 0 bridgehead atoms. The van der Waals surface area contributed by atoms with Gasteiger partial charge < -0.3 is 15.1 Å². The van der Waals surface area contributed by atoms with Crippen molar-refractivity contribution in [3.63, 3.8) is 0 Å². The van der Waals surface area contributed by atoms with Gasteiger partial charge in [0, 0.05) is 18.8 Å². The van der Waals surface area contributed by atoms with Crippen LogP contribution in [0.15, 0.2) is 18.2 Å². The van der Waals surface area contributed by atoms with E-state index in [1.54, 1.807) is 0 Å². The number of nitrogens with zero attached hydrogens (tertiary/aromatic N) is 2. The largest absolute Gasteiger partial charge is 0.507 e. The zero-order valence-electron chi connectivity index (χ0n) is 12.3. The number of pyridine rings is 1. The number of benzene rings is 1. The number of aromatic hydroxyl groups is 2. The van der Waals surface area contributed by atoms with Crippen molar-refractivity contribution in [1.29, 1.82) is 0 Å². The van der Waals surface area contributed by atoms with Crippen molar-refractivity contribution in [2.24, 2.45) is 0 Å². The molecule has 0 atom stereocenters. The molecule has 2 aromatic rings. The summed E-state index contributed by atoms with van der Waals surface area (Å²) in [5.74, 6) is 0.271. The zero-order chi connectivity index (χ0) is 14.7. The van der Waals surface area contributed by atoms with Crippen LogP contribution in [0.4, 0.5) is 5.69 Å². The van der Waals surface area contributed by atoms with Crippen LogP contribution in [0.5, 0.6) is 11.5 Å². The van der Waals surface area contributed by atoms with Gasteiger partial charge in [0.25, 0.3) is 0 Å². The molecule has 0 aliphatic carbocycles. The molecular weight excluding hydrogens is 252 g/mol. The SMILES string of the molecule is CCCN(CCC)c1cc(C)nc2c(O)ccc(O)c12. The maximum absolute atomic E-state index is 10.2. The summed E-state index contributed by atoms with van der Waals surface area (Å²) in [6.45, 7) is 8.01. The Bertz CT molecular complexity index is 605. The number of phenolic OH excluding ortho intramolecular Hbond substituents is 2. The van der Waals surface area contributed by atoms with Crippen LogP contribution in [0.2, 0.25) is 0 Å². The summed E-state index contributed by atoms with van der Waals surface area (Å²) in [5.41, 5.74) is 2.26. The monoisotopic (exact) mass is 274 g/mol. The predicted molar refractivity (Wildman–Crippen MR) is 82.6 cm³/mol. The van der Waals surface area contributed by atoms with Gasteiger partial charge in [0.1, 0.15) is 17.0 Å². The van der Waals surface area contributed by atoms with E-state index in [-0.39, 0.29) is 11.5 Å². The number of anilines is 1. The van der Waals surface area contributed by atoms with E-state index in [9.17, 15) is 10.2 Å². The van der Waals surface area contributed by atoms with Crippen molar-refractivity contribution in [3.05, 3.63) is 23.9 Å². The molecule has 0 saturated heterocycles. The molecule has 0 aliphatic heterocycles. The topological polar surface area (TPSA) is 56.6 Å². The Morgan fingerprint density at radius 3 is 2.25 bits per heavy atom. The van der Waals surface area contributed by atoms with Gasteiger partial charge in [-0.05, 0) is 38.0 Å². The quantitative estimate of drug-likeness (QED) is 0.818. The Morgan fingerprint density at radius 2 is 1.65 bits per heavy atom. The molecule has 20 heavy (non-hydrogen) atoms. The molecule has 0 unspecified atom stereocenters. The summed E-state index contributed by atoms with van der Waals surface area (Å²) in [4.78, 5) is 6.61. The summed E-state index contributed by atoms with van der Waals surface area (Å²) in [6, 6.07) is 4.99. The number of fused-ring (bicyclic) bond motifs is 1. The van der Waals surface area contributed by atoms with E-state index < -0.39 is 0 Å². The van der Waals surface area contributed by atoms with Crippen molar-refractivity contribution in [3.8, 4) is 11.5 Å². The third-order valence-corrected chi connectivity index (χ3v) is 3.35. The molecule has 1 aromatic heterocycles. The average molecular weight is 274 g/mol. The van der Waals surface area contributed by atoms with Crippen LogP contribution in [0.25, 0.3) is 10.9 Å². The standard InChI is InChI=1S/C16H22N2O2/c1-4-8-18(9-5-2)12-10-11(3)17-16-14(20)7-6-13(19)15(12)16/h6-7,10,19-20H,4-5,8-9H2,1-3H3. The third-order valence-electron chi connectivity index (χ3n) is 3.35. The van der Waals surface area contributed by atoms with Crippen LogP contribution in [0, 0.1) is 6.92 Å². The fourth-order valence-corrected chi connectivity index (χ4v) is 2.56. The number of hydrogen-bond donors (Lipinski definition) is 2. The normalized spacial score (nSPS) is 10.9. The molecule has 108 valence electrons. The Labute approximate surface area is 119 Å². The van der Waals surface area contributed by atoms with Crippen molar-refractivity contribution >= 4 is 16.6 Å². The van der Waals surface area contributed by atoms with Crippen LogP contribution in [-0.2, 0) is 0 Å². The van der Waals surface area contributed by atoms with E-state index in [0.29, 0.717) is 10.9 Å². The highest BCUT2D eigenvalue weighted by atomic mass is 16.3. The van der Waals surface area contributed by atoms with Crippen LogP contribution in [0.1, 0.15) is 32.4 Å². The highest BCUT2D eigenvalue weighted by molar-refractivity contribution is 5.99. The molecule has 1 heterocycles. The van der Waals surface area contributed by atoms with Gasteiger partial charge in [0.05, 0.1) is 11.1 Å². The van der Waals surface area contributed by atoms with Gasteiger partial charge in [-0.1, -0.05) is 13.8 Å². The van der Waals surface area contributed by atoms with Crippen LogP contribution in [-0.4, -0.2) is 28.3 Å². The first-order valence-electron chi connectivity index (χ1n) is 7.15. The van der Waals surface area contributed by atoms with E-state index in [0.717, 1.165) is 37.3 Å². The number of phenols is 2. The maximum Gasteiger partial charge on any atom is 0.142 e. The maximum atomic E-state index is 10.2. The molecule has 0 fully saturated rings. The fourth-order valence-electron chi connectivity index (χ4n) is 2.56. The minimum absolute atomic E-state index is 0.107. The lowest BCUT2D eigenvalue weighted by atomic mass is 10.1. The van der Waals surface area contributed by atoms with Crippen molar-refractivity contribution in [1.82, 2.24) is 4.98 Å². The van der Waals surface area contributed by atoms with Crippen molar-refractivity contribution in [2.75, 3.05) is 18.0 Å². The Morgan fingerprint density at radius 1 is 1.05 bits per heavy atom. The van der Waals surface area contributed by atoms with Crippen molar-refractivity contribution in [2.45, 2.75) is 33.6 Å². The molecule has 0 aliphatic rings. The summed E-state index contributed by atoms with van der Waals surface area (Å²) in [6.07, 6.45) is 2.06.